The maximum atomic E-state index is 13.5. The summed E-state index contributed by atoms with van der Waals surface area (Å²) in [6.07, 6.45) is -3.33. The number of hydrazone groups is 1. The van der Waals surface area contributed by atoms with Crippen LogP contribution in [-0.4, -0.2) is 30.9 Å². The first-order valence-electron chi connectivity index (χ1n) is 5.58. The van der Waals surface area contributed by atoms with Crippen molar-refractivity contribution in [1.82, 2.24) is 5.43 Å². The van der Waals surface area contributed by atoms with Crippen LogP contribution in [0.25, 0.3) is 0 Å². The molecule has 2 atom stereocenters. The lowest BCUT2D eigenvalue weighted by Gasteiger charge is -2.20. The summed E-state index contributed by atoms with van der Waals surface area (Å²) >= 11 is 0. The smallest absolute Gasteiger partial charge is 0.319 e. The number of rotatable bonds is 1. The molecule has 1 aromatic rings. The third-order valence-corrected chi connectivity index (χ3v) is 3.35. The quantitative estimate of drug-likeness (QED) is 0.791. The van der Waals surface area contributed by atoms with E-state index in [1.54, 1.807) is 6.07 Å². The first-order valence-corrected chi connectivity index (χ1v) is 5.58. The lowest BCUT2D eigenvalue weighted by atomic mass is 9.89. The van der Waals surface area contributed by atoms with Crippen molar-refractivity contribution in [3.05, 3.63) is 35.9 Å². The third-order valence-electron chi connectivity index (χ3n) is 3.35. The summed E-state index contributed by atoms with van der Waals surface area (Å²) in [7, 11) is 1.41. The molecule has 4 nitrogen and oxygen atoms in total. The van der Waals surface area contributed by atoms with Crippen molar-refractivity contribution < 1.29 is 17.9 Å². The second kappa shape index (κ2) is 3.57. The summed E-state index contributed by atoms with van der Waals surface area (Å²) in [6, 6.07) is 7.49. The molecule has 0 aromatic heterocycles. The lowest BCUT2D eigenvalue weighted by Crippen LogP contribution is -2.46. The molecule has 0 saturated carbocycles. The number of aliphatic imine (C=N–C) groups is 1. The molecule has 1 saturated heterocycles. The molecule has 1 aromatic carbocycles. The number of hydrogen-bond acceptors (Lipinski definition) is 4. The number of benzene rings is 1. The number of nitrogens with zero attached hydrogens (tertiary/aromatic N) is 2. The Bertz CT molecular complexity index is 569. The topological polar surface area (TPSA) is 49.3 Å². The molecule has 2 heterocycles. The van der Waals surface area contributed by atoms with Crippen molar-refractivity contribution in [2.45, 2.75) is 17.5 Å². The molecular formula is C12H10F3N3O. The van der Waals surface area contributed by atoms with E-state index in [1.165, 1.54) is 37.5 Å². The van der Waals surface area contributed by atoms with Gasteiger partial charge < -0.3 is 4.74 Å². The number of ether oxygens (including phenoxy) is 1. The minimum absolute atomic E-state index is 0.0293. The fraction of sp³-hybridized carbons (Fsp3) is 0.333. The van der Waals surface area contributed by atoms with Crippen LogP contribution in [0.3, 0.4) is 0 Å². The number of nitrogens with one attached hydrogen (secondary N) is 1. The van der Waals surface area contributed by atoms with Gasteiger partial charge in [-0.25, -0.2) is 0 Å². The Morgan fingerprint density at radius 3 is 2.53 bits per heavy atom. The average Bonchev–Trinajstić information content (AvgIpc) is 2.89. The van der Waals surface area contributed by atoms with Gasteiger partial charge in [-0.1, -0.05) is 30.3 Å². The molecule has 1 spiro atoms. The molecule has 1 N–H and O–H groups in total. The molecule has 7 heteroatoms. The molecule has 0 aliphatic carbocycles. The second-order valence-electron chi connectivity index (χ2n) is 4.31. The molecular weight excluding hydrogens is 259 g/mol. The van der Waals surface area contributed by atoms with Crippen LogP contribution in [0.15, 0.2) is 40.4 Å². The van der Waals surface area contributed by atoms with Crippen molar-refractivity contribution in [3.63, 3.8) is 0 Å². The van der Waals surface area contributed by atoms with Crippen molar-refractivity contribution in [2.24, 2.45) is 10.1 Å². The highest BCUT2D eigenvalue weighted by Gasteiger charge is 2.87. The van der Waals surface area contributed by atoms with E-state index in [0.29, 0.717) is 0 Å². The Labute approximate surface area is 107 Å². The molecule has 2 aliphatic rings. The fourth-order valence-corrected chi connectivity index (χ4v) is 2.44. The van der Waals surface area contributed by atoms with Crippen LogP contribution in [0.2, 0.25) is 0 Å². The predicted molar refractivity (Wildman–Crippen MR) is 63.0 cm³/mol. The van der Waals surface area contributed by atoms with E-state index in [4.69, 9.17) is 4.74 Å². The van der Waals surface area contributed by atoms with Gasteiger partial charge in [0.1, 0.15) is 5.71 Å². The van der Waals surface area contributed by atoms with Gasteiger partial charge in [0, 0.05) is 7.05 Å². The Morgan fingerprint density at radius 1 is 1.26 bits per heavy atom. The highest BCUT2D eigenvalue weighted by atomic mass is 19.4. The van der Waals surface area contributed by atoms with Gasteiger partial charge in [-0.05, 0) is 5.56 Å². The lowest BCUT2D eigenvalue weighted by molar-refractivity contribution is -0.188. The van der Waals surface area contributed by atoms with Crippen molar-refractivity contribution in [3.8, 4) is 0 Å². The Balaban J connectivity index is 2.15. The summed E-state index contributed by atoms with van der Waals surface area (Å²) in [5.74, 6) is 0. The largest absolute Gasteiger partial charge is 0.427 e. The van der Waals surface area contributed by atoms with Gasteiger partial charge >= 0.3 is 6.18 Å². The average molecular weight is 269 g/mol. The SMILES string of the molecule is CN=C1C=NNC12OC2(c1ccccc1)C(F)(F)F. The van der Waals surface area contributed by atoms with E-state index in [-0.39, 0.29) is 11.3 Å². The molecule has 0 amide bonds. The molecule has 3 rings (SSSR count). The minimum Gasteiger partial charge on any atom is -0.319 e. The van der Waals surface area contributed by atoms with Crippen LogP contribution < -0.4 is 5.43 Å². The van der Waals surface area contributed by atoms with Gasteiger partial charge in [-0.2, -0.15) is 18.3 Å². The van der Waals surface area contributed by atoms with E-state index < -0.39 is 17.5 Å². The van der Waals surface area contributed by atoms with Crippen LogP contribution in [0.1, 0.15) is 5.56 Å². The maximum absolute atomic E-state index is 13.5. The first kappa shape index (κ1) is 12.2. The van der Waals surface area contributed by atoms with E-state index in [9.17, 15) is 13.2 Å². The van der Waals surface area contributed by atoms with Crippen LogP contribution >= 0.6 is 0 Å². The zero-order valence-corrected chi connectivity index (χ0v) is 9.90. The summed E-state index contributed by atoms with van der Waals surface area (Å²) < 4.78 is 45.7. The van der Waals surface area contributed by atoms with Crippen molar-refractivity contribution in [1.29, 1.82) is 0 Å². The third kappa shape index (κ3) is 1.33. The molecule has 0 bridgehead atoms. The van der Waals surface area contributed by atoms with Crippen LogP contribution in [0, 0.1) is 0 Å². The molecule has 100 valence electrons. The predicted octanol–water partition coefficient (Wildman–Crippen LogP) is 1.83. The van der Waals surface area contributed by atoms with Gasteiger partial charge in [0.15, 0.2) is 0 Å². The standard InChI is InChI=1S/C12H10F3N3O/c1-16-9-7-17-18-11(9)10(19-11,12(13,14)15)8-5-3-2-4-6-8/h2-7,18H,1H3. The van der Waals surface area contributed by atoms with Crippen LogP contribution in [0.5, 0.6) is 0 Å². The number of hydrogen-bond donors (Lipinski definition) is 1. The highest BCUT2D eigenvalue weighted by Crippen LogP contribution is 2.64. The number of epoxide rings is 1. The Hall–Kier alpha value is -1.89. The number of alkyl halides is 3. The monoisotopic (exact) mass is 269 g/mol. The maximum Gasteiger partial charge on any atom is 0.427 e. The minimum atomic E-state index is -4.58. The summed E-state index contributed by atoms with van der Waals surface area (Å²) in [5, 5.41) is 3.65. The van der Waals surface area contributed by atoms with Crippen molar-refractivity contribution in [2.75, 3.05) is 7.05 Å². The normalized spacial score (nSPS) is 34.8. The second-order valence-corrected chi connectivity index (χ2v) is 4.31. The van der Waals surface area contributed by atoms with E-state index in [1.807, 2.05) is 0 Å². The Morgan fingerprint density at radius 2 is 1.95 bits per heavy atom. The zero-order valence-electron chi connectivity index (χ0n) is 9.90. The molecule has 2 unspecified atom stereocenters. The Kier molecular flexibility index (Phi) is 2.28. The van der Waals surface area contributed by atoms with Crippen LogP contribution in [-0.2, 0) is 10.3 Å². The zero-order chi connectivity index (χ0) is 13.7. The van der Waals surface area contributed by atoms with Gasteiger partial charge in [0.25, 0.3) is 0 Å². The molecule has 19 heavy (non-hydrogen) atoms. The summed E-state index contributed by atoms with van der Waals surface area (Å²) in [6.45, 7) is 0. The van der Waals surface area contributed by atoms with Gasteiger partial charge in [-0.15, -0.1) is 0 Å². The molecule has 2 aliphatic heterocycles. The van der Waals surface area contributed by atoms with E-state index in [2.05, 4.69) is 15.5 Å². The van der Waals surface area contributed by atoms with E-state index >= 15 is 0 Å². The number of halogens is 3. The van der Waals surface area contributed by atoms with E-state index in [0.717, 1.165) is 0 Å². The first-order chi connectivity index (χ1) is 8.98. The highest BCUT2D eigenvalue weighted by molar-refractivity contribution is 6.37. The fourth-order valence-electron chi connectivity index (χ4n) is 2.44. The summed E-state index contributed by atoms with van der Waals surface area (Å²) in [5.41, 5.74) is -1.61. The van der Waals surface area contributed by atoms with Gasteiger partial charge in [0.05, 0.1) is 6.21 Å². The van der Waals surface area contributed by atoms with Crippen LogP contribution in [0.4, 0.5) is 13.2 Å². The molecule has 1 fully saturated rings. The van der Waals surface area contributed by atoms with Gasteiger partial charge in [-0.3, -0.25) is 10.4 Å². The van der Waals surface area contributed by atoms with Gasteiger partial charge in [0.2, 0.25) is 11.3 Å². The van der Waals surface area contributed by atoms with Crippen molar-refractivity contribution >= 4 is 11.9 Å². The summed E-state index contributed by atoms with van der Waals surface area (Å²) in [4.78, 5) is 3.82. The molecule has 0 radical (unpaired) electrons.